The molecule has 0 N–H and O–H groups in total. The minimum absolute atomic E-state index is 1.12. The fraction of sp³-hybridized carbons (Fsp3) is 0. The average molecular weight is 851 g/mol. The van der Waals surface area contributed by atoms with Crippen molar-refractivity contribution >= 4 is 102 Å². The highest BCUT2D eigenvalue weighted by Gasteiger charge is 2.26. The van der Waals surface area contributed by atoms with E-state index in [4.69, 9.17) is 0 Å². The zero-order valence-electron chi connectivity index (χ0n) is 34.7. The molecule has 0 amide bonds. The van der Waals surface area contributed by atoms with Crippen LogP contribution in [0.2, 0.25) is 0 Å². The van der Waals surface area contributed by atoms with Crippen LogP contribution in [0.3, 0.4) is 0 Å². The molecule has 13 rings (SSSR count). The summed E-state index contributed by atoms with van der Waals surface area (Å²) >= 11 is 3.76. The Labute approximate surface area is 378 Å². The minimum atomic E-state index is 1.12. The largest absolute Gasteiger partial charge is 0.309 e. The smallest absolute Gasteiger partial charge is 0.0562 e. The summed E-state index contributed by atoms with van der Waals surface area (Å²) < 4.78 is 7.72. The van der Waals surface area contributed by atoms with Crippen LogP contribution in [0, 0.1) is 0 Å². The number of thiophene rings is 2. The molecule has 13 aromatic rings. The molecule has 4 heteroatoms. The number of anilines is 3. The van der Waals surface area contributed by atoms with E-state index in [9.17, 15) is 0 Å². The summed E-state index contributed by atoms with van der Waals surface area (Å²) in [6, 6.07) is 84.7. The fourth-order valence-corrected chi connectivity index (χ4v) is 12.5. The van der Waals surface area contributed by atoms with Gasteiger partial charge in [0, 0.05) is 78.9 Å². The van der Waals surface area contributed by atoms with Crippen molar-refractivity contribution in [1.29, 1.82) is 0 Å². The number of benzene rings is 10. The first-order valence-electron chi connectivity index (χ1n) is 21.8. The molecule has 0 aliphatic carbocycles. The topological polar surface area (TPSA) is 8.17 Å². The predicted molar refractivity (Wildman–Crippen MR) is 278 cm³/mol. The van der Waals surface area contributed by atoms with E-state index in [-0.39, 0.29) is 0 Å². The molecule has 0 radical (unpaired) electrons. The van der Waals surface area contributed by atoms with Crippen molar-refractivity contribution in [3.63, 3.8) is 0 Å². The Hall–Kier alpha value is -7.76. The van der Waals surface area contributed by atoms with Crippen LogP contribution in [0.25, 0.3) is 101 Å². The zero-order chi connectivity index (χ0) is 42.1. The molecule has 3 heterocycles. The van der Waals surface area contributed by atoms with Crippen LogP contribution in [0.4, 0.5) is 17.1 Å². The predicted octanol–water partition coefficient (Wildman–Crippen LogP) is 18.0. The molecule has 2 nitrogen and oxygen atoms in total. The molecule has 3 aromatic heterocycles. The van der Waals surface area contributed by atoms with Crippen LogP contribution in [0.1, 0.15) is 0 Å². The molecule has 10 aromatic carbocycles. The molecule has 0 unspecified atom stereocenters. The van der Waals surface area contributed by atoms with E-state index in [0.717, 1.165) is 28.3 Å². The highest BCUT2D eigenvalue weighted by molar-refractivity contribution is 7.26. The third-order valence-corrected chi connectivity index (χ3v) is 15.3. The van der Waals surface area contributed by atoms with E-state index in [2.05, 4.69) is 240 Å². The number of hydrogen-bond acceptors (Lipinski definition) is 3. The number of nitrogens with zero attached hydrogens (tertiary/aromatic N) is 2. The van der Waals surface area contributed by atoms with Gasteiger partial charge in [-0.3, -0.25) is 0 Å². The van der Waals surface area contributed by atoms with Crippen LogP contribution in [0.15, 0.2) is 231 Å². The molecule has 300 valence electrons. The number of rotatable bonds is 7. The van der Waals surface area contributed by atoms with E-state index >= 15 is 0 Å². The lowest BCUT2D eigenvalue weighted by Gasteiger charge is -2.30. The fourth-order valence-electron chi connectivity index (χ4n) is 10.1. The molecule has 0 atom stereocenters. The summed E-state index contributed by atoms with van der Waals surface area (Å²) in [5.74, 6) is 0. The van der Waals surface area contributed by atoms with E-state index in [1.54, 1.807) is 0 Å². The van der Waals surface area contributed by atoms with Gasteiger partial charge in [-0.1, -0.05) is 182 Å². The molecule has 0 aliphatic heterocycles. The third-order valence-electron chi connectivity index (χ3n) is 12.8. The SMILES string of the molecule is c1ccc(-c2ccccc2N(c2ccccc2-c2cccc3c2sc2ccccc23)c2cccc3c2c2ccccc2n3-c2ccccc2-c2cccc3c2sc2ccccc23)cc1. The van der Waals surface area contributed by atoms with Gasteiger partial charge in [0.15, 0.2) is 0 Å². The molecular weight excluding hydrogens is 813 g/mol. The van der Waals surface area contributed by atoms with Gasteiger partial charge in [-0.2, -0.15) is 0 Å². The molecule has 0 saturated carbocycles. The summed E-state index contributed by atoms with van der Waals surface area (Å²) in [5, 5.41) is 7.60. The van der Waals surface area contributed by atoms with Crippen molar-refractivity contribution in [1.82, 2.24) is 4.57 Å². The third kappa shape index (κ3) is 5.70. The highest BCUT2D eigenvalue weighted by atomic mass is 32.1. The van der Waals surface area contributed by atoms with Crippen LogP contribution in [0.5, 0.6) is 0 Å². The second kappa shape index (κ2) is 15.0. The second-order valence-corrected chi connectivity index (χ2v) is 18.4. The Balaban J connectivity index is 1.11. The van der Waals surface area contributed by atoms with E-state index in [1.165, 1.54) is 90.0 Å². The van der Waals surface area contributed by atoms with Crippen LogP contribution >= 0.6 is 22.7 Å². The maximum atomic E-state index is 2.53. The lowest BCUT2D eigenvalue weighted by atomic mass is 9.97. The number of fused-ring (bicyclic) bond motifs is 9. The molecule has 0 spiro atoms. The van der Waals surface area contributed by atoms with Crippen LogP contribution in [-0.4, -0.2) is 4.57 Å². The van der Waals surface area contributed by atoms with Gasteiger partial charge in [-0.05, 0) is 54.1 Å². The Kier molecular flexibility index (Phi) is 8.61. The number of hydrogen-bond donors (Lipinski definition) is 0. The van der Waals surface area contributed by atoms with Crippen molar-refractivity contribution in [2.75, 3.05) is 4.90 Å². The van der Waals surface area contributed by atoms with Gasteiger partial charge in [-0.25, -0.2) is 0 Å². The monoisotopic (exact) mass is 850 g/mol. The Morgan fingerprint density at radius 2 is 0.750 bits per heavy atom. The van der Waals surface area contributed by atoms with Gasteiger partial charge in [0.25, 0.3) is 0 Å². The van der Waals surface area contributed by atoms with E-state index in [0.29, 0.717) is 0 Å². The quantitative estimate of drug-likeness (QED) is 0.155. The summed E-state index contributed by atoms with van der Waals surface area (Å²) in [6.45, 7) is 0. The van der Waals surface area contributed by atoms with Gasteiger partial charge in [-0.15, -0.1) is 22.7 Å². The van der Waals surface area contributed by atoms with Crippen molar-refractivity contribution in [3.8, 4) is 39.1 Å². The normalized spacial score (nSPS) is 11.8. The van der Waals surface area contributed by atoms with Gasteiger partial charge in [0.1, 0.15) is 0 Å². The first-order chi connectivity index (χ1) is 31.8. The summed E-state index contributed by atoms with van der Waals surface area (Å²) in [4.78, 5) is 2.53. The first-order valence-corrected chi connectivity index (χ1v) is 23.4. The Bertz CT molecular complexity index is 3930. The van der Waals surface area contributed by atoms with Crippen molar-refractivity contribution in [2.24, 2.45) is 0 Å². The van der Waals surface area contributed by atoms with Gasteiger partial charge in [0.05, 0.1) is 33.8 Å². The number of para-hydroxylation sites is 4. The maximum absolute atomic E-state index is 2.53. The second-order valence-electron chi connectivity index (χ2n) is 16.3. The first kappa shape index (κ1) is 36.9. The minimum Gasteiger partial charge on any atom is -0.309 e. The van der Waals surface area contributed by atoms with Gasteiger partial charge < -0.3 is 9.47 Å². The van der Waals surface area contributed by atoms with Gasteiger partial charge in [0.2, 0.25) is 0 Å². The standard InChI is InChI=1S/C60H38N2S2/c1-2-19-39(20-3-1)40-21-4-10-31-50(40)61(51-32-11-5-22-41(51)45-27-16-29-47-43-24-8-14-37-56(43)63-59(45)47)54-35-18-36-55-58(54)49-26-7-13-34-53(49)62(55)52-33-12-6-23-42(52)46-28-17-30-48-44-25-9-15-38-57(44)64-60(46)48/h1-38H. The summed E-state index contributed by atoms with van der Waals surface area (Å²) in [7, 11) is 0. The molecular formula is C60H38N2S2. The lowest BCUT2D eigenvalue weighted by Crippen LogP contribution is -2.13. The highest BCUT2D eigenvalue weighted by Crippen LogP contribution is 2.51. The average Bonchev–Trinajstić information content (AvgIpc) is 4.05. The molecule has 0 saturated heterocycles. The molecule has 0 aliphatic rings. The van der Waals surface area contributed by atoms with E-state index in [1.807, 2.05) is 22.7 Å². The molecule has 0 bridgehead atoms. The lowest BCUT2D eigenvalue weighted by molar-refractivity contribution is 1.18. The Morgan fingerprint density at radius 1 is 0.297 bits per heavy atom. The summed E-state index contributed by atoms with van der Waals surface area (Å²) in [5.41, 5.74) is 14.1. The van der Waals surface area contributed by atoms with Crippen LogP contribution in [-0.2, 0) is 0 Å². The van der Waals surface area contributed by atoms with Gasteiger partial charge >= 0.3 is 0 Å². The van der Waals surface area contributed by atoms with Crippen molar-refractivity contribution in [3.05, 3.63) is 231 Å². The number of aromatic nitrogens is 1. The van der Waals surface area contributed by atoms with Crippen molar-refractivity contribution in [2.45, 2.75) is 0 Å². The Morgan fingerprint density at radius 3 is 1.45 bits per heavy atom. The molecule has 64 heavy (non-hydrogen) atoms. The van der Waals surface area contributed by atoms with E-state index < -0.39 is 0 Å². The van der Waals surface area contributed by atoms with Crippen molar-refractivity contribution < 1.29 is 0 Å². The maximum Gasteiger partial charge on any atom is 0.0562 e. The van der Waals surface area contributed by atoms with Crippen LogP contribution < -0.4 is 4.90 Å². The molecule has 0 fully saturated rings. The zero-order valence-corrected chi connectivity index (χ0v) is 36.3. The summed E-state index contributed by atoms with van der Waals surface area (Å²) in [6.07, 6.45) is 0.